The molecule has 2 aromatic carbocycles. The Bertz CT molecular complexity index is 1070. The van der Waals surface area contributed by atoms with E-state index in [1.165, 1.54) is 24.3 Å². The molecular weight excluding hydrogens is 401 g/mol. The molecule has 31 heavy (non-hydrogen) atoms. The Labute approximate surface area is 178 Å². The van der Waals surface area contributed by atoms with Crippen molar-refractivity contribution in [1.29, 1.82) is 0 Å². The lowest BCUT2D eigenvalue weighted by molar-refractivity contribution is -0.136. The number of halogens is 1. The highest BCUT2D eigenvalue weighted by Crippen LogP contribution is 2.23. The number of hydrogen-bond acceptors (Lipinski definition) is 4. The molecule has 1 aliphatic heterocycles. The van der Waals surface area contributed by atoms with E-state index in [1.54, 1.807) is 11.0 Å². The summed E-state index contributed by atoms with van der Waals surface area (Å²) in [6, 6.07) is 14.4. The highest BCUT2D eigenvalue weighted by atomic mass is 19.1. The largest absolute Gasteiger partial charge is 0.451 e. The van der Waals surface area contributed by atoms with Gasteiger partial charge in [-0.15, -0.1) is 0 Å². The number of amides is 3. The third-order valence-corrected chi connectivity index (χ3v) is 5.40. The van der Waals surface area contributed by atoms with E-state index in [4.69, 9.17) is 4.42 Å². The van der Waals surface area contributed by atoms with Crippen molar-refractivity contribution in [1.82, 2.24) is 10.2 Å². The van der Waals surface area contributed by atoms with Crippen molar-refractivity contribution in [3.63, 3.8) is 0 Å². The van der Waals surface area contributed by atoms with Crippen molar-refractivity contribution >= 4 is 34.4 Å². The number of nitrogens with one attached hydrogen (secondary N) is 2. The number of fused-ring (bicyclic) bond motifs is 1. The normalized spacial score (nSPS) is 14.4. The van der Waals surface area contributed by atoms with Crippen LogP contribution < -0.4 is 10.6 Å². The maximum absolute atomic E-state index is 12.9. The van der Waals surface area contributed by atoms with E-state index in [9.17, 15) is 18.8 Å². The zero-order chi connectivity index (χ0) is 21.8. The molecule has 2 heterocycles. The summed E-state index contributed by atoms with van der Waals surface area (Å²) in [6.45, 7) is 1.46. The molecule has 0 aliphatic carbocycles. The van der Waals surface area contributed by atoms with Gasteiger partial charge in [0.15, 0.2) is 5.76 Å². The maximum Gasteiger partial charge on any atom is 0.313 e. The Morgan fingerprint density at radius 1 is 1.00 bits per heavy atom. The van der Waals surface area contributed by atoms with Gasteiger partial charge in [-0.25, -0.2) is 4.39 Å². The summed E-state index contributed by atoms with van der Waals surface area (Å²) in [7, 11) is 0. The lowest BCUT2D eigenvalue weighted by Crippen LogP contribution is -2.43. The summed E-state index contributed by atoms with van der Waals surface area (Å²) in [5.74, 6) is -1.62. The van der Waals surface area contributed by atoms with Crippen molar-refractivity contribution in [2.45, 2.75) is 12.8 Å². The number of benzene rings is 2. The number of anilines is 1. The topological polar surface area (TPSA) is 91.7 Å². The Kier molecular flexibility index (Phi) is 5.97. The molecule has 160 valence electrons. The maximum atomic E-state index is 12.9. The summed E-state index contributed by atoms with van der Waals surface area (Å²) in [4.78, 5) is 38.4. The molecule has 0 atom stereocenters. The molecule has 0 bridgehead atoms. The van der Waals surface area contributed by atoms with Crippen molar-refractivity contribution < 1.29 is 23.2 Å². The molecule has 4 rings (SSSR count). The molecule has 1 aliphatic rings. The second-order valence-corrected chi connectivity index (χ2v) is 7.56. The van der Waals surface area contributed by atoms with Crippen LogP contribution in [0.25, 0.3) is 11.0 Å². The van der Waals surface area contributed by atoms with Crippen LogP contribution in [0.5, 0.6) is 0 Å². The van der Waals surface area contributed by atoms with Crippen molar-refractivity contribution in [2.24, 2.45) is 5.92 Å². The Hall–Kier alpha value is -3.68. The predicted molar refractivity (Wildman–Crippen MR) is 113 cm³/mol. The number of carbonyl (C=O) groups is 3. The molecule has 0 unspecified atom stereocenters. The van der Waals surface area contributed by atoms with Crippen molar-refractivity contribution in [2.75, 3.05) is 25.0 Å². The minimum Gasteiger partial charge on any atom is -0.451 e. The molecule has 0 saturated carbocycles. The minimum absolute atomic E-state index is 0.141. The average Bonchev–Trinajstić information content (AvgIpc) is 3.23. The van der Waals surface area contributed by atoms with E-state index < -0.39 is 17.6 Å². The van der Waals surface area contributed by atoms with E-state index in [0.29, 0.717) is 49.5 Å². The molecule has 3 aromatic rings. The average molecular weight is 423 g/mol. The molecule has 1 aromatic heterocycles. The number of furan rings is 1. The SMILES string of the molecule is O=C(NCC1CCN(C(=O)c2cc3ccccc3o2)CC1)C(=O)Nc1ccc(F)cc1. The van der Waals surface area contributed by atoms with Gasteiger partial charge in [0.2, 0.25) is 0 Å². The molecule has 1 fully saturated rings. The van der Waals surface area contributed by atoms with E-state index in [1.807, 2.05) is 24.3 Å². The molecule has 1 saturated heterocycles. The van der Waals surface area contributed by atoms with Crippen LogP contribution in [0.4, 0.5) is 10.1 Å². The summed E-state index contributed by atoms with van der Waals surface area (Å²) in [5, 5.41) is 5.95. The van der Waals surface area contributed by atoms with E-state index in [2.05, 4.69) is 10.6 Å². The number of rotatable bonds is 4. The molecule has 3 amide bonds. The van der Waals surface area contributed by atoms with Gasteiger partial charge in [-0.05, 0) is 55.2 Å². The van der Waals surface area contributed by atoms with E-state index >= 15 is 0 Å². The van der Waals surface area contributed by atoms with Crippen LogP contribution in [0.15, 0.2) is 59.0 Å². The van der Waals surface area contributed by atoms with Crippen LogP contribution in [-0.2, 0) is 9.59 Å². The predicted octanol–water partition coefficient (Wildman–Crippen LogP) is 3.18. The second-order valence-electron chi connectivity index (χ2n) is 7.56. The third kappa shape index (κ3) is 4.91. The first-order valence-electron chi connectivity index (χ1n) is 10.1. The smallest absolute Gasteiger partial charge is 0.313 e. The van der Waals surface area contributed by atoms with E-state index in [-0.39, 0.29) is 11.8 Å². The summed E-state index contributed by atoms with van der Waals surface area (Å²) < 4.78 is 18.6. The van der Waals surface area contributed by atoms with Crippen molar-refractivity contribution in [3.05, 3.63) is 66.2 Å². The zero-order valence-corrected chi connectivity index (χ0v) is 16.8. The lowest BCUT2D eigenvalue weighted by atomic mass is 9.96. The van der Waals surface area contributed by atoms with Crippen LogP contribution in [0.1, 0.15) is 23.4 Å². The number of hydrogen-bond donors (Lipinski definition) is 2. The molecule has 0 radical (unpaired) electrons. The molecule has 7 nitrogen and oxygen atoms in total. The molecule has 2 N–H and O–H groups in total. The highest BCUT2D eigenvalue weighted by Gasteiger charge is 2.26. The summed E-state index contributed by atoms with van der Waals surface area (Å²) in [6.07, 6.45) is 1.43. The quantitative estimate of drug-likeness (QED) is 0.631. The van der Waals surface area contributed by atoms with E-state index in [0.717, 1.165) is 5.39 Å². The van der Waals surface area contributed by atoms with Crippen LogP contribution in [0.3, 0.4) is 0 Å². The second kappa shape index (κ2) is 8.99. The molecule has 8 heteroatoms. The third-order valence-electron chi connectivity index (χ3n) is 5.40. The van der Waals surface area contributed by atoms with Crippen LogP contribution in [0.2, 0.25) is 0 Å². The summed E-state index contributed by atoms with van der Waals surface area (Å²) >= 11 is 0. The van der Waals surface area contributed by atoms with Gasteiger partial charge in [-0.3, -0.25) is 14.4 Å². The lowest BCUT2D eigenvalue weighted by Gasteiger charge is -2.31. The van der Waals surface area contributed by atoms with Crippen LogP contribution in [-0.4, -0.2) is 42.3 Å². The standard InChI is InChI=1S/C23H22FN3O4/c24-17-5-7-18(8-6-17)26-22(29)21(28)25-14-15-9-11-27(12-10-15)23(30)20-13-16-3-1-2-4-19(16)31-20/h1-8,13,15H,9-12,14H2,(H,25,28)(H,26,29). The van der Waals surface area contributed by atoms with Gasteiger partial charge in [-0.2, -0.15) is 0 Å². The fourth-order valence-electron chi connectivity index (χ4n) is 3.62. The van der Waals surface area contributed by atoms with Gasteiger partial charge in [-0.1, -0.05) is 18.2 Å². The van der Waals surface area contributed by atoms with Crippen LogP contribution >= 0.6 is 0 Å². The molecule has 0 spiro atoms. The minimum atomic E-state index is -0.802. The Balaban J connectivity index is 1.23. The van der Waals surface area contributed by atoms with Crippen molar-refractivity contribution in [3.8, 4) is 0 Å². The number of nitrogens with zero attached hydrogens (tertiary/aromatic N) is 1. The van der Waals surface area contributed by atoms with Crippen LogP contribution in [0, 0.1) is 11.7 Å². The van der Waals surface area contributed by atoms with Gasteiger partial charge in [0.1, 0.15) is 11.4 Å². The van der Waals surface area contributed by atoms with Gasteiger partial charge in [0, 0.05) is 30.7 Å². The molecular formula is C23H22FN3O4. The summed E-state index contributed by atoms with van der Waals surface area (Å²) in [5.41, 5.74) is 1.03. The van der Waals surface area contributed by atoms with Gasteiger partial charge >= 0.3 is 11.8 Å². The van der Waals surface area contributed by atoms with Gasteiger partial charge < -0.3 is 20.0 Å². The number of para-hydroxylation sites is 1. The zero-order valence-electron chi connectivity index (χ0n) is 16.8. The van der Waals surface area contributed by atoms with Gasteiger partial charge in [0.25, 0.3) is 5.91 Å². The first kappa shape index (κ1) is 20.6. The fraction of sp³-hybridized carbons (Fsp3) is 0.261. The number of likely N-dealkylation sites (tertiary alicyclic amines) is 1. The first-order chi connectivity index (χ1) is 15.0. The number of piperidine rings is 1. The number of carbonyl (C=O) groups excluding carboxylic acids is 3. The monoisotopic (exact) mass is 423 g/mol. The first-order valence-corrected chi connectivity index (χ1v) is 10.1. The Morgan fingerprint density at radius 3 is 2.42 bits per heavy atom. The Morgan fingerprint density at radius 2 is 1.71 bits per heavy atom. The highest BCUT2D eigenvalue weighted by molar-refractivity contribution is 6.39. The fourth-order valence-corrected chi connectivity index (χ4v) is 3.62. The van der Waals surface area contributed by atoms with Gasteiger partial charge in [0.05, 0.1) is 0 Å².